The van der Waals surface area contributed by atoms with Crippen LogP contribution in [0.25, 0.3) is 0 Å². The molecule has 1 heteroatoms. The number of allylic oxidation sites excluding steroid dienone is 2. The first kappa shape index (κ1) is 21.0. The van der Waals surface area contributed by atoms with E-state index in [9.17, 15) is 0 Å². The molecule has 126 valence electrons. The second-order valence-electron chi connectivity index (χ2n) is 6.33. The van der Waals surface area contributed by atoms with Crippen molar-refractivity contribution >= 4 is 11.6 Å². The van der Waals surface area contributed by atoms with Crippen molar-refractivity contribution in [3.05, 3.63) is 12.2 Å². The lowest BCUT2D eigenvalue weighted by molar-refractivity contribution is 0.578. The van der Waals surface area contributed by atoms with E-state index in [0.29, 0.717) is 0 Å². The molecule has 0 heterocycles. The van der Waals surface area contributed by atoms with Crippen LogP contribution in [0.1, 0.15) is 110 Å². The molecule has 0 fully saturated rings. The van der Waals surface area contributed by atoms with Crippen LogP contribution in [-0.4, -0.2) is 5.88 Å². The number of halogens is 1. The zero-order valence-electron chi connectivity index (χ0n) is 14.6. The van der Waals surface area contributed by atoms with Crippen molar-refractivity contribution in [3.63, 3.8) is 0 Å². The SMILES string of the molecule is CCCCCCCC/C=C\CCCCCCCCCCCl. The zero-order chi connectivity index (χ0) is 15.4. The maximum absolute atomic E-state index is 5.67. The fraction of sp³-hybridized carbons (Fsp3) is 0.900. The first-order valence-corrected chi connectivity index (χ1v) is 10.2. The first-order valence-electron chi connectivity index (χ1n) is 9.62. The molecule has 0 unspecified atom stereocenters. The fourth-order valence-electron chi connectivity index (χ4n) is 2.70. The lowest BCUT2D eigenvalue weighted by Crippen LogP contribution is -1.81. The molecule has 0 rings (SSSR count). The Bertz CT molecular complexity index is 198. The first-order chi connectivity index (χ1) is 10.4. The highest BCUT2D eigenvalue weighted by atomic mass is 35.5. The van der Waals surface area contributed by atoms with Crippen LogP contribution in [0.3, 0.4) is 0 Å². The van der Waals surface area contributed by atoms with Crippen LogP contribution in [0.2, 0.25) is 0 Å². The van der Waals surface area contributed by atoms with E-state index in [0.717, 1.165) is 5.88 Å². The van der Waals surface area contributed by atoms with Gasteiger partial charge in [-0.05, 0) is 32.1 Å². The predicted octanol–water partition coefficient (Wildman–Crippen LogP) is 8.04. The maximum Gasteiger partial charge on any atom is 0.0223 e. The summed E-state index contributed by atoms with van der Waals surface area (Å²) >= 11 is 5.67. The summed E-state index contributed by atoms with van der Waals surface area (Å²) in [6.45, 7) is 2.28. The minimum absolute atomic E-state index is 0.838. The van der Waals surface area contributed by atoms with Crippen molar-refractivity contribution in [1.29, 1.82) is 0 Å². The predicted molar refractivity (Wildman–Crippen MR) is 99.4 cm³/mol. The Kier molecular flexibility index (Phi) is 20.1. The molecule has 0 aromatic heterocycles. The lowest BCUT2D eigenvalue weighted by atomic mass is 10.1. The van der Waals surface area contributed by atoms with Crippen LogP contribution in [0, 0.1) is 0 Å². The van der Waals surface area contributed by atoms with Gasteiger partial charge in [0.1, 0.15) is 0 Å². The van der Waals surface area contributed by atoms with Crippen LogP contribution < -0.4 is 0 Å². The quantitative estimate of drug-likeness (QED) is 0.145. The molecule has 0 spiro atoms. The van der Waals surface area contributed by atoms with Crippen LogP contribution in [0.5, 0.6) is 0 Å². The summed E-state index contributed by atoms with van der Waals surface area (Å²) in [6, 6.07) is 0. The molecule has 0 aliphatic carbocycles. The molecule has 0 aromatic rings. The molecule has 0 aliphatic heterocycles. The normalized spacial score (nSPS) is 11.5. The minimum Gasteiger partial charge on any atom is -0.127 e. The maximum atomic E-state index is 5.67. The average molecular weight is 315 g/mol. The topological polar surface area (TPSA) is 0 Å². The minimum atomic E-state index is 0.838. The van der Waals surface area contributed by atoms with E-state index in [4.69, 9.17) is 11.6 Å². The third-order valence-electron chi connectivity index (χ3n) is 4.15. The number of hydrogen-bond acceptors (Lipinski definition) is 0. The van der Waals surface area contributed by atoms with Crippen LogP contribution >= 0.6 is 11.6 Å². The van der Waals surface area contributed by atoms with Crippen molar-refractivity contribution in [3.8, 4) is 0 Å². The Labute approximate surface area is 139 Å². The molecule has 0 saturated carbocycles. The van der Waals surface area contributed by atoms with Crippen LogP contribution in [0.15, 0.2) is 12.2 Å². The van der Waals surface area contributed by atoms with Gasteiger partial charge >= 0.3 is 0 Å². The summed E-state index contributed by atoms with van der Waals surface area (Å²) in [5, 5.41) is 0. The summed E-state index contributed by atoms with van der Waals surface area (Å²) in [5.41, 5.74) is 0. The molecule has 0 bridgehead atoms. The molecular weight excluding hydrogens is 276 g/mol. The van der Waals surface area contributed by atoms with Gasteiger partial charge in [0.05, 0.1) is 0 Å². The number of unbranched alkanes of at least 4 members (excludes halogenated alkanes) is 14. The number of rotatable bonds is 17. The molecule has 0 nitrogen and oxygen atoms in total. The van der Waals surface area contributed by atoms with Crippen molar-refractivity contribution < 1.29 is 0 Å². The van der Waals surface area contributed by atoms with Gasteiger partial charge in [0.25, 0.3) is 0 Å². The molecule has 0 amide bonds. The zero-order valence-corrected chi connectivity index (χ0v) is 15.3. The Balaban J connectivity index is 3.02. The fourth-order valence-corrected chi connectivity index (χ4v) is 2.88. The molecule has 0 saturated heterocycles. The van der Waals surface area contributed by atoms with Crippen molar-refractivity contribution in [2.45, 2.75) is 110 Å². The van der Waals surface area contributed by atoms with E-state index in [1.54, 1.807) is 0 Å². The van der Waals surface area contributed by atoms with Gasteiger partial charge in [0, 0.05) is 5.88 Å². The number of hydrogen-bond donors (Lipinski definition) is 0. The van der Waals surface area contributed by atoms with Crippen molar-refractivity contribution in [1.82, 2.24) is 0 Å². The Morgan fingerprint density at radius 3 is 1.33 bits per heavy atom. The highest BCUT2D eigenvalue weighted by Crippen LogP contribution is 2.11. The van der Waals surface area contributed by atoms with Gasteiger partial charge in [-0.1, -0.05) is 89.7 Å². The summed E-state index contributed by atoms with van der Waals surface area (Å²) in [7, 11) is 0. The highest BCUT2D eigenvalue weighted by Gasteiger charge is 1.91. The van der Waals surface area contributed by atoms with Crippen molar-refractivity contribution in [2.75, 3.05) is 5.88 Å². The van der Waals surface area contributed by atoms with E-state index in [2.05, 4.69) is 19.1 Å². The van der Waals surface area contributed by atoms with E-state index in [1.807, 2.05) is 0 Å². The molecular formula is C20H39Cl. The molecule has 0 aromatic carbocycles. The largest absolute Gasteiger partial charge is 0.127 e. The molecule has 21 heavy (non-hydrogen) atoms. The standard InChI is InChI=1S/C20H39Cl/c1-2-3-4-5-6-7-8-9-10-11-12-13-14-15-16-17-18-19-20-21/h9-10H,2-8,11-20H2,1H3/b10-9-. The van der Waals surface area contributed by atoms with E-state index < -0.39 is 0 Å². The van der Waals surface area contributed by atoms with Gasteiger partial charge in [0.2, 0.25) is 0 Å². The third kappa shape index (κ3) is 20.0. The van der Waals surface area contributed by atoms with Gasteiger partial charge < -0.3 is 0 Å². The van der Waals surface area contributed by atoms with Gasteiger partial charge in [-0.25, -0.2) is 0 Å². The van der Waals surface area contributed by atoms with E-state index >= 15 is 0 Å². The smallest absolute Gasteiger partial charge is 0.0223 e. The van der Waals surface area contributed by atoms with E-state index in [1.165, 1.54) is 103 Å². The van der Waals surface area contributed by atoms with Crippen LogP contribution in [0.4, 0.5) is 0 Å². The molecule has 0 aliphatic rings. The van der Waals surface area contributed by atoms with Gasteiger partial charge in [-0.3, -0.25) is 0 Å². The second kappa shape index (κ2) is 20.0. The average Bonchev–Trinajstić information content (AvgIpc) is 2.50. The molecule has 0 N–H and O–H groups in total. The summed E-state index contributed by atoms with van der Waals surface area (Å²) < 4.78 is 0. The van der Waals surface area contributed by atoms with Crippen LogP contribution in [-0.2, 0) is 0 Å². The van der Waals surface area contributed by atoms with Gasteiger partial charge in [0.15, 0.2) is 0 Å². The highest BCUT2D eigenvalue weighted by molar-refractivity contribution is 6.17. The van der Waals surface area contributed by atoms with Gasteiger partial charge in [-0.15, -0.1) is 11.6 Å². The summed E-state index contributed by atoms with van der Waals surface area (Å²) in [4.78, 5) is 0. The Morgan fingerprint density at radius 1 is 0.524 bits per heavy atom. The summed E-state index contributed by atoms with van der Waals surface area (Å²) in [5.74, 6) is 0.838. The molecule has 0 radical (unpaired) electrons. The third-order valence-corrected chi connectivity index (χ3v) is 4.41. The van der Waals surface area contributed by atoms with Gasteiger partial charge in [-0.2, -0.15) is 0 Å². The van der Waals surface area contributed by atoms with Crippen molar-refractivity contribution in [2.24, 2.45) is 0 Å². The Hall–Kier alpha value is 0.0300. The second-order valence-corrected chi connectivity index (χ2v) is 6.71. The van der Waals surface area contributed by atoms with E-state index in [-0.39, 0.29) is 0 Å². The lowest BCUT2D eigenvalue weighted by Gasteiger charge is -2.00. The molecule has 0 atom stereocenters. The monoisotopic (exact) mass is 314 g/mol. The number of alkyl halides is 1. The summed E-state index contributed by atoms with van der Waals surface area (Å²) in [6.07, 6.45) is 26.8. The Morgan fingerprint density at radius 2 is 0.905 bits per heavy atom.